The molecule has 0 atom stereocenters. The second kappa shape index (κ2) is 5.60. The van der Waals surface area contributed by atoms with Gasteiger partial charge in [0.05, 0.1) is 5.41 Å². The molecule has 3 heteroatoms. The molecule has 1 amide bonds. The third-order valence-electron chi connectivity index (χ3n) is 5.18. The number of carbonyl (C=O) groups is 1. The van der Waals surface area contributed by atoms with Crippen LogP contribution < -0.4 is 5.73 Å². The second-order valence-electron chi connectivity index (χ2n) is 6.65. The van der Waals surface area contributed by atoms with E-state index in [-0.39, 0.29) is 5.41 Å². The van der Waals surface area contributed by atoms with Crippen molar-refractivity contribution in [3.05, 3.63) is 0 Å². The Morgan fingerprint density at radius 1 is 1.28 bits per heavy atom. The number of nitrogens with zero attached hydrogens (tertiary/aromatic N) is 1. The third kappa shape index (κ3) is 2.71. The number of carbonyl (C=O) groups excluding carboxylic acids is 1. The van der Waals surface area contributed by atoms with Crippen LogP contribution in [-0.4, -0.2) is 30.9 Å². The summed E-state index contributed by atoms with van der Waals surface area (Å²) in [6, 6.07) is 0. The Kier molecular flexibility index (Phi) is 4.31. The van der Waals surface area contributed by atoms with E-state index in [2.05, 4.69) is 6.92 Å². The average Bonchev–Trinajstić information content (AvgIpc) is 2.34. The Hall–Kier alpha value is -0.570. The van der Waals surface area contributed by atoms with E-state index >= 15 is 0 Å². The molecule has 18 heavy (non-hydrogen) atoms. The molecule has 0 aromatic rings. The molecule has 0 radical (unpaired) electrons. The first-order chi connectivity index (χ1) is 8.57. The predicted molar refractivity (Wildman–Crippen MR) is 74.1 cm³/mol. The molecule has 0 aliphatic heterocycles. The number of hydrogen-bond donors (Lipinski definition) is 1. The van der Waals surface area contributed by atoms with Crippen LogP contribution in [0.5, 0.6) is 0 Å². The summed E-state index contributed by atoms with van der Waals surface area (Å²) in [4.78, 5) is 14.6. The predicted octanol–water partition coefficient (Wildman–Crippen LogP) is 2.40. The molecule has 2 saturated carbocycles. The molecule has 2 aliphatic carbocycles. The highest BCUT2D eigenvalue weighted by Crippen LogP contribution is 2.40. The molecule has 0 aromatic carbocycles. The molecule has 0 unspecified atom stereocenters. The van der Waals surface area contributed by atoms with Crippen LogP contribution in [0.1, 0.15) is 51.9 Å². The Labute approximate surface area is 111 Å². The van der Waals surface area contributed by atoms with E-state index in [1.54, 1.807) is 0 Å². The average molecular weight is 252 g/mol. The summed E-state index contributed by atoms with van der Waals surface area (Å²) in [5.74, 6) is 1.81. The van der Waals surface area contributed by atoms with Crippen molar-refractivity contribution in [2.45, 2.75) is 51.9 Å². The largest absolute Gasteiger partial charge is 0.345 e. The quantitative estimate of drug-likeness (QED) is 0.835. The van der Waals surface area contributed by atoms with Crippen molar-refractivity contribution in [2.24, 2.45) is 23.0 Å². The molecule has 0 bridgehead atoms. The first-order valence-electron chi connectivity index (χ1n) is 7.53. The molecular weight excluding hydrogens is 224 g/mol. The normalized spacial score (nSPS) is 32.9. The zero-order valence-corrected chi connectivity index (χ0v) is 12.0. The first kappa shape index (κ1) is 13.9. The Morgan fingerprint density at radius 2 is 1.89 bits per heavy atom. The number of nitrogens with two attached hydrogens (primary N) is 1. The van der Waals surface area contributed by atoms with Gasteiger partial charge in [0.2, 0.25) is 5.91 Å². The Morgan fingerprint density at radius 3 is 2.33 bits per heavy atom. The summed E-state index contributed by atoms with van der Waals surface area (Å²) in [5, 5.41) is 0. The lowest BCUT2D eigenvalue weighted by Gasteiger charge is -2.41. The fraction of sp³-hybridized carbons (Fsp3) is 0.933. The van der Waals surface area contributed by atoms with Crippen LogP contribution in [0.4, 0.5) is 0 Å². The molecule has 2 aliphatic rings. The zero-order valence-electron chi connectivity index (χ0n) is 12.0. The van der Waals surface area contributed by atoms with Crippen LogP contribution in [0.2, 0.25) is 0 Å². The van der Waals surface area contributed by atoms with Gasteiger partial charge in [-0.3, -0.25) is 4.79 Å². The lowest BCUT2D eigenvalue weighted by molar-refractivity contribution is -0.143. The van der Waals surface area contributed by atoms with E-state index in [4.69, 9.17) is 5.73 Å². The van der Waals surface area contributed by atoms with Gasteiger partial charge >= 0.3 is 0 Å². The van der Waals surface area contributed by atoms with Crippen molar-refractivity contribution in [2.75, 3.05) is 20.1 Å². The van der Waals surface area contributed by atoms with E-state index < -0.39 is 0 Å². The molecule has 0 heterocycles. The molecule has 0 aromatic heterocycles. The maximum absolute atomic E-state index is 12.7. The summed E-state index contributed by atoms with van der Waals surface area (Å²) < 4.78 is 0. The highest BCUT2D eigenvalue weighted by molar-refractivity contribution is 5.83. The van der Waals surface area contributed by atoms with Crippen molar-refractivity contribution in [3.63, 3.8) is 0 Å². The van der Waals surface area contributed by atoms with Gasteiger partial charge in [0.1, 0.15) is 0 Å². The van der Waals surface area contributed by atoms with Gasteiger partial charge in [0.15, 0.2) is 0 Å². The number of hydrogen-bond acceptors (Lipinski definition) is 2. The van der Waals surface area contributed by atoms with Crippen LogP contribution in [-0.2, 0) is 4.79 Å². The molecule has 2 rings (SSSR count). The van der Waals surface area contributed by atoms with Gasteiger partial charge in [-0.15, -0.1) is 0 Å². The van der Waals surface area contributed by atoms with Crippen LogP contribution in [0.3, 0.4) is 0 Å². The van der Waals surface area contributed by atoms with Crippen molar-refractivity contribution in [1.82, 2.24) is 4.90 Å². The summed E-state index contributed by atoms with van der Waals surface area (Å²) in [5.41, 5.74) is 5.71. The highest BCUT2D eigenvalue weighted by atomic mass is 16.2. The standard InChI is InChI=1S/C15H28N2O/c1-12-6-8-15(11-16,9-7-12)14(18)17(2)10-13-4-3-5-13/h12-13H,3-11,16H2,1-2H3. The second-order valence-corrected chi connectivity index (χ2v) is 6.65. The fourth-order valence-corrected chi connectivity index (χ4v) is 3.37. The van der Waals surface area contributed by atoms with Gasteiger partial charge < -0.3 is 10.6 Å². The molecule has 0 saturated heterocycles. The minimum atomic E-state index is -0.245. The summed E-state index contributed by atoms with van der Waals surface area (Å²) >= 11 is 0. The van der Waals surface area contributed by atoms with E-state index in [1.807, 2.05) is 11.9 Å². The first-order valence-corrected chi connectivity index (χ1v) is 7.53. The highest BCUT2D eigenvalue weighted by Gasteiger charge is 2.41. The summed E-state index contributed by atoms with van der Waals surface area (Å²) in [6.45, 7) is 3.74. The zero-order chi connectivity index (χ0) is 13.2. The summed E-state index contributed by atoms with van der Waals surface area (Å²) in [6.07, 6.45) is 8.21. The maximum Gasteiger partial charge on any atom is 0.229 e. The lowest BCUT2D eigenvalue weighted by atomic mass is 9.70. The lowest BCUT2D eigenvalue weighted by Crippen LogP contribution is -2.50. The fourth-order valence-electron chi connectivity index (χ4n) is 3.37. The van der Waals surface area contributed by atoms with Gasteiger partial charge in [-0.1, -0.05) is 13.3 Å². The van der Waals surface area contributed by atoms with E-state index in [0.717, 1.165) is 44.1 Å². The topological polar surface area (TPSA) is 46.3 Å². The number of amides is 1. The molecule has 2 N–H and O–H groups in total. The monoisotopic (exact) mass is 252 g/mol. The molecule has 0 spiro atoms. The van der Waals surface area contributed by atoms with Crippen LogP contribution in [0, 0.1) is 17.3 Å². The van der Waals surface area contributed by atoms with Crippen molar-refractivity contribution >= 4 is 5.91 Å². The molecule has 2 fully saturated rings. The van der Waals surface area contributed by atoms with Crippen LogP contribution in [0.25, 0.3) is 0 Å². The minimum Gasteiger partial charge on any atom is -0.345 e. The van der Waals surface area contributed by atoms with Crippen LogP contribution in [0.15, 0.2) is 0 Å². The van der Waals surface area contributed by atoms with Crippen molar-refractivity contribution < 1.29 is 4.79 Å². The Balaban J connectivity index is 1.95. The molecule has 104 valence electrons. The van der Waals surface area contributed by atoms with Gasteiger partial charge in [-0.05, 0) is 50.4 Å². The maximum atomic E-state index is 12.7. The molecule has 3 nitrogen and oxygen atoms in total. The SMILES string of the molecule is CC1CCC(CN)(C(=O)N(C)CC2CCC2)CC1. The van der Waals surface area contributed by atoms with E-state index in [1.165, 1.54) is 19.3 Å². The number of rotatable bonds is 4. The van der Waals surface area contributed by atoms with Gasteiger partial charge in [-0.2, -0.15) is 0 Å². The van der Waals surface area contributed by atoms with Gasteiger partial charge in [0, 0.05) is 20.1 Å². The van der Waals surface area contributed by atoms with Crippen LogP contribution >= 0.6 is 0 Å². The smallest absolute Gasteiger partial charge is 0.229 e. The summed E-state index contributed by atoms with van der Waals surface area (Å²) in [7, 11) is 1.97. The third-order valence-corrected chi connectivity index (χ3v) is 5.18. The van der Waals surface area contributed by atoms with Gasteiger partial charge in [-0.25, -0.2) is 0 Å². The van der Waals surface area contributed by atoms with Crippen molar-refractivity contribution in [1.29, 1.82) is 0 Å². The minimum absolute atomic E-state index is 0.245. The van der Waals surface area contributed by atoms with Crippen molar-refractivity contribution in [3.8, 4) is 0 Å². The van der Waals surface area contributed by atoms with Gasteiger partial charge in [0.25, 0.3) is 0 Å². The Bertz CT molecular complexity index is 291. The van der Waals surface area contributed by atoms with E-state index in [0.29, 0.717) is 12.5 Å². The molecular formula is C15H28N2O. The van der Waals surface area contributed by atoms with E-state index in [9.17, 15) is 4.79 Å².